The highest BCUT2D eigenvalue weighted by atomic mass is 16.3. The van der Waals surface area contributed by atoms with Gasteiger partial charge in [-0.25, -0.2) is 5.43 Å². The SMILES string of the molecule is O=C(N/N=C/c1ccc(-c2ccccc2)o1)c1cc2ccccc2o1. The monoisotopic (exact) mass is 330 g/mol. The maximum Gasteiger partial charge on any atom is 0.307 e. The Morgan fingerprint density at radius 3 is 2.56 bits per heavy atom. The topological polar surface area (TPSA) is 67.7 Å². The summed E-state index contributed by atoms with van der Waals surface area (Å²) in [5, 5.41) is 4.79. The zero-order valence-electron chi connectivity index (χ0n) is 13.2. The van der Waals surface area contributed by atoms with Crippen LogP contribution in [0.4, 0.5) is 0 Å². The minimum absolute atomic E-state index is 0.211. The number of fused-ring (bicyclic) bond motifs is 1. The van der Waals surface area contributed by atoms with E-state index >= 15 is 0 Å². The first kappa shape index (κ1) is 15.0. The van der Waals surface area contributed by atoms with Crippen LogP contribution in [0.5, 0.6) is 0 Å². The summed E-state index contributed by atoms with van der Waals surface area (Å²) in [6.07, 6.45) is 1.45. The summed E-state index contributed by atoms with van der Waals surface area (Å²) in [5.41, 5.74) is 4.08. The molecule has 0 saturated heterocycles. The third-order valence-electron chi connectivity index (χ3n) is 3.69. The Hall–Kier alpha value is -3.60. The van der Waals surface area contributed by atoms with E-state index in [0.717, 1.165) is 16.7 Å². The van der Waals surface area contributed by atoms with Crippen molar-refractivity contribution in [3.05, 3.63) is 84.3 Å². The number of hydrogen-bond donors (Lipinski definition) is 1. The second-order valence-electron chi connectivity index (χ2n) is 5.42. The van der Waals surface area contributed by atoms with Gasteiger partial charge in [-0.1, -0.05) is 48.5 Å². The molecule has 0 aliphatic heterocycles. The summed E-state index contributed by atoms with van der Waals surface area (Å²) in [4.78, 5) is 12.1. The molecule has 0 aliphatic carbocycles. The first-order valence-electron chi connectivity index (χ1n) is 7.77. The molecule has 1 amide bonds. The summed E-state index contributed by atoms with van der Waals surface area (Å²) < 4.78 is 11.2. The van der Waals surface area contributed by atoms with Gasteiger partial charge in [-0.05, 0) is 24.3 Å². The van der Waals surface area contributed by atoms with Crippen LogP contribution in [0, 0.1) is 0 Å². The van der Waals surface area contributed by atoms with Crippen molar-refractivity contribution in [3.63, 3.8) is 0 Å². The number of para-hydroxylation sites is 1. The maximum absolute atomic E-state index is 12.1. The molecule has 0 fully saturated rings. The van der Waals surface area contributed by atoms with Gasteiger partial charge in [-0.15, -0.1) is 0 Å². The number of rotatable bonds is 4. The van der Waals surface area contributed by atoms with Crippen LogP contribution in [0.3, 0.4) is 0 Å². The highest BCUT2D eigenvalue weighted by molar-refractivity contribution is 5.96. The molecule has 2 aromatic carbocycles. The van der Waals surface area contributed by atoms with Crippen LogP contribution in [-0.2, 0) is 0 Å². The molecular formula is C20H14N2O3. The van der Waals surface area contributed by atoms with Crippen molar-refractivity contribution in [2.45, 2.75) is 0 Å². The average Bonchev–Trinajstić information content (AvgIpc) is 3.29. The van der Waals surface area contributed by atoms with Gasteiger partial charge in [0.25, 0.3) is 0 Å². The molecule has 122 valence electrons. The Balaban J connectivity index is 1.44. The van der Waals surface area contributed by atoms with Gasteiger partial charge >= 0.3 is 5.91 Å². The van der Waals surface area contributed by atoms with Crippen molar-refractivity contribution in [2.24, 2.45) is 5.10 Å². The van der Waals surface area contributed by atoms with Crippen LogP contribution >= 0.6 is 0 Å². The molecule has 2 aromatic heterocycles. The molecule has 5 heteroatoms. The summed E-state index contributed by atoms with van der Waals surface area (Å²) in [5.74, 6) is 1.08. The fourth-order valence-electron chi connectivity index (χ4n) is 2.48. The van der Waals surface area contributed by atoms with Crippen molar-refractivity contribution in [2.75, 3.05) is 0 Å². The van der Waals surface area contributed by atoms with Gasteiger partial charge in [0, 0.05) is 10.9 Å². The number of carbonyl (C=O) groups is 1. The minimum Gasteiger partial charge on any atom is -0.455 e. The van der Waals surface area contributed by atoms with Crippen LogP contribution in [0.15, 0.2) is 86.7 Å². The molecule has 0 radical (unpaired) electrons. The third kappa shape index (κ3) is 3.21. The molecule has 0 atom stereocenters. The summed E-state index contributed by atoms with van der Waals surface area (Å²) >= 11 is 0. The van der Waals surface area contributed by atoms with Gasteiger partial charge in [0.2, 0.25) is 0 Å². The van der Waals surface area contributed by atoms with E-state index in [1.165, 1.54) is 6.21 Å². The van der Waals surface area contributed by atoms with Crippen LogP contribution < -0.4 is 5.43 Å². The molecule has 0 unspecified atom stereocenters. The van der Waals surface area contributed by atoms with E-state index in [2.05, 4.69) is 10.5 Å². The normalized spacial score (nSPS) is 11.2. The molecule has 4 aromatic rings. The number of amides is 1. The second kappa shape index (κ2) is 6.49. The van der Waals surface area contributed by atoms with Crippen molar-refractivity contribution >= 4 is 23.1 Å². The highest BCUT2D eigenvalue weighted by Gasteiger charge is 2.11. The minimum atomic E-state index is -0.415. The summed E-state index contributed by atoms with van der Waals surface area (Å²) in [6.45, 7) is 0. The smallest absolute Gasteiger partial charge is 0.307 e. The van der Waals surface area contributed by atoms with Crippen LogP contribution in [0.25, 0.3) is 22.3 Å². The van der Waals surface area contributed by atoms with E-state index < -0.39 is 5.91 Å². The Bertz CT molecular complexity index is 1010. The molecule has 0 bridgehead atoms. The number of benzene rings is 2. The van der Waals surface area contributed by atoms with Crippen molar-refractivity contribution in [1.29, 1.82) is 0 Å². The molecular weight excluding hydrogens is 316 g/mol. The van der Waals surface area contributed by atoms with Gasteiger partial charge in [0.15, 0.2) is 5.76 Å². The van der Waals surface area contributed by atoms with Gasteiger partial charge in [-0.2, -0.15) is 5.10 Å². The van der Waals surface area contributed by atoms with E-state index in [0.29, 0.717) is 11.3 Å². The molecule has 0 spiro atoms. The first-order valence-corrected chi connectivity index (χ1v) is 7.77. The van der Waals surface area contributed by atoms with Crippen LogP contribution in [0.2, 0.25) is 0 Å². The number of nitrogens with one attached hydrogen (secondary N) is 1. The number of carbonyl (C=O) groups excluding carboxylic acids is 1. The number of hydrogen-bond acceptors (Lipinski definition) is 4. The van der Waals surface area contributed by atoms with Gasteiger partial charge in [-0.3, -0.25) is 4.79 Å². The zero-order valence-corrected chi connectivity index (χ0v) is 13.2. The van der Waals surface area contributed by atoms with Gasteiger partial charge in [0.1, 0.15) is 17.1 Å². The van der Waals surface area contributed by atoms with E-state index in [1.807, 2.05) is 60.7 Å². The van der Waals surface area contributed by atoms with E-state index in [1.54, 1.807) is 12.1 Å². The number of furan rings is 2. The predicted octanol–water partition coefficient (Wildman–Crippen LogP) is 4.46. The lowest BCUT2D eigenvalue weighted by molar-refractivity contribution is 0.0929. The van der Waals surface area contributed by atoms with E-state index in [-0.39, 0.29) is 5.76 Å². The molecule has 0 saturated carbocycles. The standard InChI is InChI=1S/C20H14N2O3/c23-20(19-12-15-8-4-5-9-17(15)25-19)22-21-13-16-10-11-18(24-16)14-6-2-1-3-7-14/h1-13H,(H,22,23)/b21-13+. The molecule has 1 N–H and O–H groups in total. The van der Waals surface area contributed by atoms with Crippen molar-refractivity contribution in [3.8, 4) is 11.3 Å². The quantitative estimate of drug-likeness (QED) is 0.444. The summed E-state index contributed by atoms with van der Waals surface area (Å²) in [6, 6.07) is 22.5. The second-order valence-corrected chi connectivity index (χ2v) is 5.42. The Kier molecular flexibility index (Phi) is 3.88. The zero-order chi connectivity index (χ0) is 17.1. The third-order valence-corrected chi connectivity index (χ3v) is 3.69. The Morgan fingerprint density at radius 2 is 1.72 bits per heavy atom. The fraction of sp³-hybridized carbons (Fsp3) is 0. The lowest BCUT2D eigenvalue weighted by Gasteiger charge is -1.95. The van der Waals surface area contributed by atoms with Crippen LogP contribution in [-0.4, -0.2) is 12.1 Å². The Labute approximate surface area is 143 Å². The van der Waals surface area contributed by atoms with Crippen molar-refractivity contribution in [1.82, 2.24) is 5.43 Å². The lowest BCUT2D eigenvalue weighted by atomic mass is 10.2. The molecule has 5 nitrogen and oxygen atoms in total. The fourth-order valence-corrected chi connectivity index (χ4v) is 2.48. The van der Waals surface area contributed by atoms with E-state index in [9.17, 15) is 4.79 Å². The van der Waals surface area contributed by atoms with Crippen molar-refractivity contribution < 1.29 is 13.6 Å². The molecule has 4 rings (SSSR count). The largest absolute Gasteiger partial charge is 0.455 e. The average molecular weight is 330 g/mol. The molecule has 25 heavy (non-hydrogen) atoms. The van der Waals surface area contributed by atoms with Gasteiger partial charge in [0.05, 0.1) is 6.21 Å². The number of hydrazone groups is 1. The molecule has 2 heterocycles. The lowest BCUT2D eigenvalue weighted by Crippen LogP contribution is -2.16. The maximum atomic E-state index is 12.1. The van der Waals surface area contributed by atoms with Crippen LogP contribution in [0.1, 0.15) is 16.3 Å². The summed E-state index contributed by atoms with van der Waals surface area (Å²) in [7, 11) is 0. The van der Waals surface area contributed by atoms with Gasteiger partial charge < -0.3 is 8.83 Å². The first-order chi connectivity index (χ1) is 12.3. The Morgan fingerprint density at radius 1 is 0.920 bits per heavy atom. The molecule has 0 aliphatic rings. The predicted molar refractivity (Wildman–Crippen MR) is 95.4 cm³/mol. The number of nitrogens with zero attached hydrogens (tertiary/aromatic N) is 1. The highest BCUT2D eigenvalue weighted by Crippen LogP contribution is 2.21. The van der Waals surface area contributed by atoms with E-state index in [4.69, 9.17) is 8.83 Å².